The van der Waals surface area contributed by atoms with Crippen LogP contribution in [-0.2, 0) is 0 Å². The molecule has 2 atom stereocenters. The van der Waals surface area contributed by atoms with Gasteiger partial charge in [-0.2, -0.15) is 0 Å². The van der Waals surface area contributed by atoms with Crippen molar-refractivity contribution in [3.05, 3.63) is 27.7 Å². The van der Waals surface area contributed by atoms with Crippen LogP contribution >= 0.6 is 23.2 Å². The highest BCUT2D eigenvalue weighted by Crippen LogP contribution is 2.40. The average Bonchev–Trinajstić information content (AvgIpc) is 2.30. The zero-order valence-corrected chi connectivity index (χ0v) is 12.3. The van der Waals surface area contributed by atoms with E-state index in [-0.39, 0.29) is 6.04 Å². The molecule has 2 nitrogen and oxygen atoms in total. The van der Waals surface area contributed by atoms with Crippen molar-refractivity contribution in [2.75, 3.05) is 6.61 Å². The Kier molecular flexibility index (Phi) is 4.77. The highest BCUT2D eigenvalue weighted by molar-refractivity contribution is 6.35. The van der Waals surface area contributed by atoms with Gasteiger partial charge in [0.05, 0.1) is 11.6 Å². The Hall–Kier alpha value is -0.440. The van der Waals surface area contributed by atoms with Crippen molar-refractivity contribution in [1.82, 2.24) is 5.32 Å². The summed E-state index contributed by atoms with van der Waals surface area (Å²) in [7, 11) is 0. The molecule has 18 heavy (non-hydrogen) atoms. The quantitative estimate of drug-likeness (QED) is 0.874. The summed E-state index contributed by atoms with van der Waals surface area (Å²) >= 11 is 12.3. The molecule has 1 heterocycles. The molecule has 0 aromatic heterocycles. The van der Waals surface area contributed by atoms with E-state index in [1.54, 1.807) is 6.07 Å². The highest BCUT2D eigenvalue weighted by atomic mass is 35.5. The molecule has 1 N–H and O–H groups in total. The maximum Gasteiger partial charge on any atom is 0.142 e. The Morgan fingerprint density at radius 1 is 1.44 bits per heavy atom. The summed E-state index contributed by atoms with van der Waals surface area (Å²) in [6.45, 7) is 5.11. The van der Waals surface area contributed by atoms with Crippen molar-refractivity contribution in [3.63, 3.8) is 0 Å². The van der Waals surface area contributed by atoms with Crippen LogP contribution in [-0.4, -0.2) is 12.6 Å². The van der Waals surface area contributed by atoms with Crippen LogP contribution in [0.5, 0.6) is 5.75 Å². The Labute approximate surface area is 119 Å². The molecular formula is C14H19Cl2NO. The van der Waals surface area contributed by atoms with E-state index >= 15 is 0 Å². The zero-order valence-electron chi connectivity index (χ0n) is 10.8. The van der Waals surface area contributed by atoms with Gasteiger partial charge in [-0.15, -0.1) is 0 Å². The molecule has 0 aliphatic carbocycles. The molecule has 0 radical (unpaired) electrons. The number of rotatable bonds is 4. The molecule has 1 aliphatic rings. The van der Waals surface area contributed by atoms with Crippen LogP contribution in [0.4, 0.5) is 0 Å². The molecule has 2 rings (SSSR count). The topological polar surface area (TPSA) is 21.3 Å². The fourth-order valence-electron chi connectivity index (χ4n) is 2.46. The number of nitrogens with one attached hydrogen (secondary N) is 1. The van der Waals surface area contributed by atoms with Gasteiger partial charge in [0.15, 0.2) is 0 Å². The number of benzene rings is 1. The van der Waals surface area contributed by atoms with Crippen LogP contribution in [0, 0.1) is 0 Å². The lowest BCUT2D eigenvalue weighted by atomic mass is 9.99. The van der Waals surface area contributed by atoms with Gasteiger partial charge in [0, 0.05) is 29.1 Å². The molecule has 1 aliphatic heterocycles. The lowest BCUT2D eigenvalue weighted by molar-refractivity contribution is 0.244. The molecule has 0 amide bonds. The molecule has 100 valence electrons. The Morgan fingerprint density at radius 3 is 2.94 bits per heavy atom. The van der Waals surface area contributed by atoms with Crippen molar-refractivity contribution in [2.45, 2.75) is 45.2 Å². The summed E-state index contributed by atoms with van der Waals surface area (Å²) in [5, 5.41) is 4.90. The van der Waals surface area contributed by atoms with Gasteiger partial charge in [-0.3, -0.25) is 0 Å². The maximum absolute atomic E-state index is 6.17. The molecule has 2 unspecified atom stereocenters. The van der Waals surface area contributed by atoms with Gasteiger partial charge in [-0.25, -0.2) is 0 Å². The van der Waals surface area contributed by atoms with E-state index in [2.05, 4.69) is 19.2 Å². The number of hydrogen-bond acceptors (Lipinski definition) is 2. The Bertz CT molecular complexity index is 423. The molecule has 0 saturated carbocycles. The van der Waals surface area contributed by atoms with Crippen molar-refractivity contribution in [1.29, 1.82) is 0 Å². The van der Waals surface area contributed by atoms with Crippen molar-refractivity contribution in [3.8, 4) is 5.75 Å². The summed E-state index contributed by atoms with van der Waals surface area (Å²) < 4.78 is 5.65. The van der Waals surface area contributed by atoms with Gasteiger partial charge >= 0.3 is 0 Å². The SMILES string of the molecule is CCCC(C)NC1CCOc2c(Cl)cc(Cl)cc21. The largest absolute Gasteiger partial charge is 0.492 e. The molecule has 4 heteroatoms. The van der Waals surface area contributed by atoms with Crippen LogP contribution in [0.1, 0.15) is 44.7 Å². The van der Waals surface area contributed by atoms with Crippen LogP contribution in [0.25, 0.3) is 0 Å². The van der Waals surface area contributed by atoms with E-state index in [1.807, 2.05) is 6.07 Å². The Balaban J connectivity index is 2.22. The van der Waals surface area contributed by atoms with E-state index in [0.717, 1.165) is 17.7 Å². The lowest BCUT2D eigenvalue weighted by Crippen LogP contribution is -2.33. The van der Waals surface area contributed by atoms with E-state index in [9.17, 15) is 0 Å². The molecule has 0 bridgehead atoms. The van der Waals surface area contributed by atoms with Gasteiger partial charge in [-0.05, 0) is 25.5 Å². The first-order valence-corrected chi connectivity index (χ1v) is 7.25. The van der Waals surface area contributed by atoms with Crippen molar-refractivity contribution < 1.29 is 4.74 Å². The average molecular weight is 288 g/mol. The van der Waals surface area contributed by atoms with Gasteiger partial charge < -0.3 is 10.1 Å². The molecule has 1 aromatic rings. The fraction of sp³-hybridized carbons (Fsp3) is 0.571. The minimum absolute atomic E-state index is 0.284. The lowest BCUT2D eigenvalue weighted by Gasteiger charge is -2.30. The third-order valence-electron chi connectivity index (χ3n) is 3.27. The van der Waals surface area contributed by atoms with Gasteiger partial charge in [0.2, 0.25) is 0 Å². The minimum atomic E-state index is 0.284. The summed E-state index contributed by atoms with van der Waals surface area (Å²) in [5.41, 5.74) is 1.08. The number of hydrogen-bond donors (Lipinski definition) is 1. The van der Waals surface area contributed by atoms with E-state index in [1.165, 1.54) is 12.8 Å². The predicted molar refractivity (Wildman–Crippen MR) is 76.8 cm³/mol. The van der Waals surface area contributed by atoms with Crippen LogP contribution < -0.4 is 10.1 Å². The van der Waals surface area contributed by atoms with Gasteiger partial charge in [-0.1, -0.05) is 36.5 Å². The zero-order chi connectivity index (χ0) is 13.1. The Morgan fingerprint density at radius 2 is 2.22 bits per heavy atom. The van der Waals surface area contributed by atoms with E-state index < -0.39 is 0 Å². The first-order valence-electron chi connectivity index (χ1n) is 6.49. The first kappa shape index (κ1) is 14.0. The fourth-order valence-corrected chi connectivity index (χ4v) is 3.02. The van der Waals surface area contributed by atoms with E-state index in [0.29, 0.717) is 22.7 Å². The van der Waals surface area contributed by atoms with Crippen LogP contribution in [0.3, 0.4) is 0 Å². The summed E-state index contributed by atoms with van der Waals surface area (Å²) in [6, 6.07) is 4.47. The standard InChI is InChI=1S/C14H19Cl2NO/c1-3-4-9(2)17-13-5-6-18-14-11(13)7-10(15)8-12(14)16/h7-9,13,17H,3-6H2,1-2H3. The second-order valence-electron chi connectivity index (χ2n) is 4.85. The highest BCUT2D eigenvalue weighted by Gasteiger charge is 2.25. The minimum Gasteiger partial charge on any atom is -0.492 e. The molecular weight excluding hydrogens is 269 g/mol. The summed E-state index contributed by atoms with van der Waals surface area (Å²) in [5.74, 6) is 0.786. The molecule has 0 fully saturated rings. The molecule has 0 spiro atoms. The smallest absolute Gasteiger partial charge is 0.142 e. The maximum atomic E-state index is 6.17. The van der Waals surface area contributed by atoms with Crippen LogP contribution in [0.2, 0.25) is 10.0 Å². The van der Waals surface area contributed by atoms with Gasteiger partial charge in [0.25, 0.3) is 0 Å². The predicted octanol–water partition coefficient (Wildman–Crippen LogP) is 4.60. The van der Waals surface area contributed by atoms with Gasteiger partial charge in [0.1, 0.15) is 5.75 Å². The van der Waals surface area contributed by atoms with Crippen LogP contribution in [0.15, 0.2) is 12.1 Å². The first-order chi connectivity index (χ1) is 8.61. The second-order valence-corrected chi connectivity index (χ2v) is 5.70. The number of ether oxygens (including phenoxy) is 1. The normalized spacial score (nSPS) is 20.1. The third-order valence-corrected chi connectivity index (χ3v) is 3.77. The molecule has 1 aromatic carbocycles. The summed E-state index contributed by atoms with van der Waals surface area (Å²) in [6.07, 6.45) is 3.30. The number of halogens is 2. The molecule has 0 saturated heterocycles. The number of fused-ring (bicyclic) bond motifs is 1. The summed E-state index contributed by atoms with van der Waals surface area (Å²) in [4.78, 5) is 0. The monoisotopic (exact) mass is 287 g/mol. The van der Waals surface area contributed by atoms with E-state index in [4.69, 9.17) is 27.9 Å². The second kappa shape index (κ2) is 6.14. The van der Waals surface area contributed by atoms with Crippen molar-refractivity contribution in [2.24, 2.45) is 0 Å². The third kappa shape index (κ3) is 3.11. The van der Waals surface area contributed by atoms with Crippen molar-refractivity contribution >= 4 is 23.2 Å².